The fourth-order valence-electron chi connectivity index (χ4n) is 5.68. The Hall–Kier alpha value is -2.64. The maximum Gasteiger partial charge on any atom is 0.308 e. The monoisotopic (exact) mass is 455 g/mol. The number of aliphatic carboxylic acids is 1. The van der Waals surface area contributed by atoms with Crippen LogP contribution < -0.4 is 0 Å². The fraction of sp³-hybridized carbons (Fsp3) is 0.364. The molecule has 4 heterocycles. The van der Waals surface area contributed by atoms with Crippen molar-refractivity contribution in [2.45, 2.75) is 31.7 Å². The third-order valence-corrected chi connectivity index (χ3v) is 7.55. The Morgan fingerprint density at radius 3 is 2.65 bits per heavy atom. The Kier molecular flexibility index (Phi) is 4.27. The zero-order valence-corrected chi connectivity index (χ0v) is 17.9. The molecular formula is C22H19Cl2N5O2. The summed E-state index contributed by atoms with van der Waals surface area (Å²) in [6, 6.07) is 1.68. The molecule has 0 amide bonds. The van der Waals surface area contributed by atoms with Crippen molar-refractivity contribution >= 4 is 51.2 Å². The number of aromatic nitrogens is 5. The smallest absolute Gasteiger partial charge is 0.308 e. The summed E-state index contributed by atoms with van der Waals surface area (Å²) in [7, 11) is 0. The van der Waals surface area contributed by atoms with E-state index in [1.54, 1.807) is 12.4 Å². The predicted octanol–water partition coefficient (Wildman–Crippen LogP) is 5.34. The molecule has 2 atom stereocenters. The van der Waals surface area contributed by atoms with E-state index in [1.165, 1.54) is 0 Å². The molecule has 0 aliphatic heterocycles. The second kappa shape index (κ2) is 6.93. The highest BCUT2D eigenvalue weighted by molar-refractivity contribution is 6.35. The van der Waals surface area contributed by atoms with Gasteiger partial charge in [-0.2, -0.15) is 0 Å². The molecule has 4 aromatic rings. The minimum Gasteiger partial charge on any atom is -0.481 e. The zero-order chi connectivity index (χ0) is 21.3. The molecule has 3 saturated carbocycles. The van der Waals surface area contributed by atoms with Crippen LogP contribution in [0.4, 0.5) is 0 Å². The number of hydrogen-bond donors (Lipinski definition) is 2. The van der Waals surface area contributed by atoms with Crippen LogP contribution in [0.3, 0.4) is 0 Å². The number of rotatable bonds is 3. The maximum atomic E-state index is 12.2. The lowest BCUT2D eigenvalue weighted by Gasteiger charge is -2.47. The van der Waals surface area contributed by atoms with Gasteiger partial charge in [0.25, 0.3) is 0 Å². The number of carboxylic acids is 1. The summed E-state index contributed by atoms with van der Waals surface area (Å²) in [5.41, 5.74) is 2.16. The molecule has 7 rings (SSSR count). The molecule has 0 saturated heterocycles. The summed E-state index contributed by atoms with van der Waals surface area (Å²) in [6.07, 6.45) is 11.0. The summed E-state index contributed by atoms with van der Waals surface area (Å²) in [5, 5.41) is 12.6. The van der Waals surface area contributed by atoms with Crippen molar-refractivity contribution in [1.82, 2.24) is 24.5 Å². The van der Waals surface area contributed by atoms with Crippen LogP contribution in [-0.2, 0) is 4.79 Å². The largest absolute Gasteiger partial charge is 0.481 e. The molecule has 7 nitrogen and oxygen atoms in total. The van der Waals surface area contributed by atoms with Crippen LogP contribution in [0.5, 0.6) is 0 Å². The van der Waals surface area contributed by atoms with Gasteiger partial charge in [0.15, 0.2) is 5.82 Å². The second-order valence-electron chi connectivity index (χ2n) is 8.60. The van der Waals surface area contributed by atoms with Gasteiger partial charge in [-0.05, 0) is 43.6 Å². The number of fused-ring (bicyclic) bond motifs is 5. The molecule has 2 bridgehead atoms. The second-order valence-corrected chi connectivity index (χ2v) is 9.44. The maximum absolute atomic E-state index is 12.2. The van der Waals surface area contributed by atoms with Crippen molar-refractivity contribution in [1.29, 1.82) is 0 Å². The first-order valence-electron chi connectivity index (χ1n) is 10.4. The lowest BCUT2D eigenvalue weighted by Crippen LogP contribution is -2.44. The average molecular weight is 456 g/mol. The zero-order valence-electron chi connectivity index (χ0n) is 16.4. The van der Waals surface area contributed by atoms with Gasteiger partial charge >= 0.3 is 5.97 Å². The van der Waals surface area contributed by atoms with Gasteiger partial charge in [-0.3, -0.25) is 4.79 Å². The summed E-state index contributed by atoms with van der Waals surface area (Å²) in [6.45, 7) is 0. The van der Waals surface area contributed by atoms with Crippen molar-refractivity contribution in [3.63, 3.8) is 0 Å². The SMILES string of the molecule is O=C(O)C1C2CCC(CC2)[C@H]1n1cc(Cl)c2cnc(-c3c[nH]c4ncc(Cl)cc34)nc21. The number of nitrogens with zero attached hydrogens (tertiary/aromatic N) is 4. The Balaban J connectivity index is 1.53. The first-order valence-corrected chi connectivity index (χ1v) is 11.2. The number of nitrogens with one attached hydrogen (secondary N) is 1. The van der Waals surface area contributed by atoms with Crippen molar-refractivity contribution in [3.8, 4) is 11.4 Å². The molecular weight excluding hydrogens is 437 g/mol. The van der Waals surface area contributed by atoms with Crippen LogP contribution in [0.25, 0.3) is 33.5 Å². The summed E-state index contributed by atoms with van der Waals surface area (Å²) in [4.78, 5) is 29.0. The van der Waals surface area contributed by atoms with Crippen LogP contribution in [0, 0.1) is 17.8 Å². The first kappa shape index (κ1) is 19.1. The molecule has 0 spiro atoms. The standard InChI is InChI=1S/C22H19Cl2N5O2/c23-12-5-13-14(7-26-19(13)25-6-12)20-27-8-15-16(24)9-29(21(15)28-20)18-11-3-1-10(2-4-11)17(18)22(30)31/h5-11,17-18H,1-4H2,(H,25,26)(H,30,31)/t10?,11?,17?,18-/m1/s1. The van der Waals surface area contributed by atoms with Gasteiger partial charge in [-0.15, -0.1) is 0 Å². The van der Waals surface area contributed by atoms with Crippen molar-refractivity contribution in [2.75, 3.05) is 0 Å². The van der Waals surface area contributed by atoms with Gasteiger partial charge in [0.2, 0.25) is 0 Å². The fourth-order valence-corrected chi connectivity index (χ4v) is 6.07. The highest BCUT2D eigenvalue weighted by atomic mass is 35.5. The third kappa shape index (κ3) is 2.87. The molecule has 9 heteroatoms. The Bertz CT molecular complexity index is 1340. The van der Waals surface area contributed by atoms with E-state index in [-0.39, 0.29) is 12.0 Å². The molecule has 3 fully saturated rings. The Morgan fingerprint density at radius 2 is 1.87 bits per heavy atom. The molecule has 2 N–H and O–H groups in total. The van der Waals surface area contributed by atoms with Crippen LogP contribution in [0.1, 0.15) is 31.7 Å². The van der Waals surface area contributed by atoms with E-state index in [0.717, 1.165) is 42.0 Å². The highest BCUT2D eigenvalue weighted by Crippen LogP contribution is 2.52. The molecule has 4 aromatic heterocycles. The number of carboxylic acid groups (broad SMARTS) is 1. The van der Waals surface area contributed by atoms with Gasteiger partial charge in [0.1, 0.15) is 11.3 Å². The Labute approximate surface area is 187 Å². The molecule has 158 valence electrons. The molecule has 3 aliphatic carbocycles. The van der Waals surface area contributed by atoms with E-state index in [0.29, 0.717) is 33.1 Å². The lowest BCUT2D eigenvalue weighted by molar-refractivity contribution is -0.151. The number of hydrogen-bond acceptors (Lipinski definition) is 4. The van der Waals surface area contributed by atoms with Crippen LogP contribution in [-0.4, -0.2) is 35.6 Å². The summed E-state index contributed by atoms with van der Waals surface area (Å²) >= 11 is 12.7. The number of pyridine rings is 1. The number of aromatic amines is 1. The molecule has 3 aliphatic rings. The molecule has 31 heavy (non-hydrogen) atoms. The van der Waals surface area contributed by atoms with E-state index in [4.69, 9.17) is 28.2 Å². The number of H-pyrrole nitrogens is 1. The van der Waals surface area contributed by atoms with E-state index in [1.807, 2.05) is 23.0 Å². The minimum absolute atomic E-state index is 0.151. The quantitative estimate of drug-likeness (QED) is 0.434. The predicted molar refractivity (Wildman–Crippen MR) is 118 cm³/mol. The van der Waals surface area contributed by atoms with Gasteiger partial charge < -0.3 is 14.7 Å². The summed E-state index contributed by atoms with van der Waals surface area (Å²) < 4.78 is 2.00. The first-order chi connectivity index (χ1) is 15.0. The molecule has 0 aromatic carbocycles. The average Bonchev–Trinajstić information content (AvgIpc) is 3.34. The Morgan fingerprint density at radius 1 is 1.10 bits per heavy atom. The summed E-state index contributed by atoms with van der Waals surface area (Å²) in [5.74, 6) is -0.122. The van der Waals surface area contributed by atoms with E-state index in [2.05, 4.69) is 15.0 Å². The minimum atomic E-state index is -0.732. The van der Waals surface area contributed by atoms with Crippen LogP contribution in [0.2, 0.25) is 10.0 Å². The van der Waals surface area contributed by atoms with Crippen molar-refractivity contribution in [3.05, 3.63) is 40.9 Å². The van der Waals surface area contributed by atoms with Gasteiger partial charge in [0.05, 0.1) is 27.4 Å². The van der Waals surface area contributed by atoms with Gasteiger partial charge in [-0.1, -0.05) is 23.2 Å². The normalized spacial score (nSPS) is 25.5. The number of carbonyl (C=O) groups is 1. The van der Waals surface area contributed by atoms with E-state index >= 15 is 0 Å². The highest BCUT2D eigenvalue weighted by Gasteiger charge is 2.48. The third-order valence-electron chi connectivity index (χ3n) is 7.04. The van der Waals surface area contributed by atoms with E-state index < -0.39 is 11.9 Å². The van der Waals surface area contributed by atoms with Crippen molar-refractivity contribution in [2.24, 2.45) is 17.8 Å². The van der Waals surface area contributed by atoms with Crippen LogP contribution in [0.15, 0.2) is 30.9 Å². The van der Waals surface area contributed by atoms with Crippen molar-refractivity contribution < 1.29 is 9.90 Å². The topological polar surface area (TPSA) is 96.7 Å². The van der Waals surface area contributed by atoms with Crippen LogP contribution >= 0.6 is 23.2 Å². The number of halogens is 2. The van der Waals surface area contributed by atoms with E-state index in [9.17, 15) is 9.90 Å². The lowest BCUT2D eigenvalue weighted by atomic mass is 9.61. The van der Waals surface area contributed by atoms with Gasteiger partial charge in [0, 0.05) is 35.7 Å². The van der Waals surface area contributed by atoms with Gasteiger partial charge in [-0.25, -0.2) is 15.0 Å². The molecule has 0 radical (unpaired) electrons. The molecule has 1 unspecified atom stereocenters.